The van der Waals surface area contributed by atoms with Crippen molar-refractivity contribution in [1.82, 2.24) is 9.78 Å². The van der Waals surface area contributed by atoms with E-state index in [1.165, 1.54) is 0 Å². The van der Waals surface area contributed by atoms with Crippen molar-refractivity contribution in [3.05, 3.63) is 35.9 Å². The third-order valence-corrected chi connectivity index (χ3v) is 5.45. The highest BCUT2D eigenvalue weighted by molar-refractivity contribution is 7.91. The lowest BCUT2D eigenvalue weighted by molar-refractivity contribution is 0.0994. The summed E-state index contributed by atoms with van der Waals surface area (Å²) in [5, 5.41) is 6.86. The third-order valence-electron chi connectivity index (χ3n) is 3.70. The number of nitrogens with one attached hydrogen (secondary N) is 1. The number of hydrogen-bond donors (Lipinski definition) is 1. The van der Waals surface area contributed by atoms with Crippen LogP contribution in [0.15, 0.2) is 28.8 Å². The van der Waals surface area contributed by atoms with Crippen molar-refractivity contribution in [1.29, 1.82) is 0 Å². The molecule has 0 aromatic carbocycles. The number of rotatable bonds is 4. The summed E-state index contributed by atoms with van der Waals surface area (Å²) < 4.78 is 30.1. The molecule has 22 heavy (non-hydrogen) atoms. The fourth-order valence-corrected chi connectivity index (χ4v) is 4.23. The Morgan fingerprint density at radius 2 is 2.27 bits per heavy atom. The number of nitrogens with zero attached hydrogens (tertiary/aromatic N) is 2. The maximum Gasteiger partial charge on any atom is 0.292 e. The molecule has 1 N–H and O–H groups in total. The first-order chi connectivity index (χ1) is 10.5. The molecular formula is C14H17N3O4S. The van der Waals surface area contributed by atoms with Gasteiger partial charge in [0.05, 0.1) is 23.7 Å². The normalized spacial score (nSPS) is 20.1. The van der Waals surface area contributed by atoms with Crippen molar-refractivity contribution >= 4 is 21.6 Å². The van der Waals surface area contributed by atoms with Gasteiger partial charge in [-0.3, -0.25) is 4.79 Å². The van der Waals surface area contributed by atoms with Crippen molar-refractivity contribution in [2.24, 2.45) is 0 Å². The van der Waals surface area contributed by atoms with Gasteiger partial charge >= 0.3 is 0 Å². The second kappa shape index (κ2) is 5.60. The van der Waals surface area contributed by atoms with Gasteiger partial charge in [0.25, 0.3) is 5.91 Å². The van der Waals surface area contributed by atoms with Gasteiger partial charge in [0.2, 0.25) is 0 Å². The molecule has 0 aliphatic carbocycles. The van der Waals surface area contributed by atoms with Crippen LogP contribution < -0.4 is 5.32 Å². The van der Waals surface area contributed by atoms with Gasteiger partial charge < -0.3 is 9.73 Å². The smallest absolute Gasteiger partial charge is 0.292 e. The molecule has 1 aliphatic rings. The summed E-state index contributed by atoms with van der Waals surface area (Å²) in [6.07, 6.45) is 2.76. The van der Waals surface area contributed by atoms with Gasteiger partial charge in [0.1, 0.15) is 11.6 Å². The molecule has 3 heterocycles. The molecule has 2 aromatic heterocycles. The van der Waals surface area contributed by atoms with Crippen molar-refractivity contribution < 1.29 is 17.6 Å². The molecule has 0 spiro atoms. The molecule has 0 radical (unpaired) electrons. The summed E-state index contributed by atoms with van der Waals surface area (Å²) >= 11 is 0. The van der Waals surface area contributed by atoms with Crippen LogP contribution in [0.3, 0.4) is 0 Å². The van der Waals surface area contributed by atoms with Crippen LogP contribution in [-0.4, -0.2) is 35.6 Å². The van der Waals surface area contributed by atoms with E-state index < -0.39 is 9.84 Å². The predicted molar refractivity (Wildman–Crippen MR) is 80.6 cm³/mol. The zero-order chi connectivity index (χ0) is 15.7. The number of amides is 1. The van der Waals surface area contributed by atoms with Crippen molar-refractivity contribution in [3.63, 3.8) is 0 Å². The Hall–Kier alpha value is -2.09. The molecule has 0 bridgehead atoms. The van der Waals surface area contributed by atoms with Crippen molar-refractivity contribution in [2.75, 3.05) is 16.8 Å². The molecule has 1 atom stereocenters. The van der Waals surface area contributed by atoms with Crippen LogP contribution in [-0.2, 0) is 16.3 Å². The molecule has 1 amide bonds. The average Bonchev–Trinajstić information content (AvgIpc) is 3.17. The summed E-state index contributed by atoms with van der Waals surface area (Å²) in [5.74, 6) is 1.27. The SMILES string of the molecule is CCc1ccc(C(=O)Nc2ccnn2[C@H]2CCS(=O)(=O)C2)o1. The second-order valence-corrected chi connectivity index (χ2v) is 7.52. The number of hydrogen-bond acceptors (Lipinski definition) is 5. The highest BCUT2D eigenvalue weighted by Crippen LogP contribution is 2.26. The second-order valence-electron chi connectivity index (χ2n) is 5.29. The first-order valence-electron chi connectivity index (χ1n) is 7.12. The Bertz CT molecular complexity index is 791. The molecule has 1 aliphatic heterocycles. The quantitative estimate of drug-likeness (QED) is 0.923. The van der Waals surface area contributed by atoms with Crippen molar-refractivity contribution in [3.8, 4) is 0 Å². The van der Waals surface area contributed by atoms with Crippen LogP contribution in [0.2, 0.25) is 0 Å². The first kappa shape index (κ1) is 14.8. The van der Waals surface area contributed by atoms with Gasteiger partial charge in [-0.05, 0) is 18.6 Å². The maximum atomic E-state index is 12.2. The van der Waals surface area contributed by atoms with Crippen LogP contribution >= 0.6 is 0 Å². The summed E-state index contributed by atoms with van der Waals surface area (Å²) in [6, 6.07) is 4.79. The van der Waals surface area contributed by atoms with Crippen LogP contribution in [0.25, 0.3) is 0 Å². The Labute approximate surface area is 128 Å². The lowest BCUT2D eigenvalue weighted by atomic mass is 10.3. The van der Waals surface area contributed by atoms with Gasteiger partial charge in [-0.1, -0.05) is 6.92 Å². The Balaban J connectivity index is 1.76. The first-order valence-corrected chi connectivity index (χ1v) is 8.94. The summed E-state index contributed by atoms with van der Waals surface area (Å²) in [5.41, 5.74) is 0. The zero-order valence-electron chi connectivity index (χ0n) is 12.2. The van der Waals surface area contributed by atoms with Crippen LogP contribution in [0.1, 0.15) is 35.7 Å². The maximum absolute atomic E-state index is 12.2. The number of aromatic nitrogens is 2. The number of carbonyl (C=O) groups is 1. The fraction of sp³-hybridized carbons (Fsp3) is 0.429. The van der Waals surface area contributed by atoms with E-state index in [9.17, 15) is 13.2 Å². The van der Waals surface area contributed by atoms with Crippen LogP contribution in [0, 0.1) is 0 Å². The van der Waals surface area contributed by atoms with Crippen LogP contribution in [0.5, 0.6) is 0 Å². The molecule has 2 aromatic rings. The molecule has 1 saturated heterocycles. The van der Waals surface area contributed by atoms with Gasteiger partial charge in [-0.15, -0.1) is 0 Å². The monoisotopic (exact) mass is 323 g/mol. The number of aryl methyl sites for hydroxylation is 1. The minimum Gasteiger partial charge on any atom is -0.456 e. The highest BCUT2D eigenvalue weighted by Gasteiger charge is 2.31. The topological polar surface area (TPSA) is 94.2 Å². The molecule has 0 saturated carbocycles. The zero-order valence-corrected chi connectivity index (χ0v) is 13.0. The van der Waals surface area contributed by atoms with Gasteiger partial charge in [-0.2, -0.15) is 5.10 Å². The average molecular weight is 323 g/mol. The van der Waals surface area contributed by atoms with Gasteiger partial charge in [0.15, 0.2) is 15.6 Å². The summed E-state index contributed by atoms with van der Waals surface area (Å²) in [6.45, 7) is 1.94. The molecule has 7 nitrogen and oxygen atoms in total. The summed E-state index contributed by atoms with van der Waals surface area (Å²) in [7, 11) is -3.01. The number of carbonyl (C=O) groups excluding carboxylic acids is 1. The Morgan fingerprint density at radius 1 is 1.45 bits per heavy atom. The van der Waals surface area contributed by atoms with E-state index in [2.05, 4.69) is 10.4 Å². The Kier molecular flexibility index (Phi) is 3.78. The highest BCUT2D eigenvalue weighted by atomic mass is 32.2. The molecular weight excluding hydrogens is 306 g/mol. The van der Waals surface area contributed by atoms with E-state index in [1.54, 1.807) is 29.1 Å². The minimum atomic E-state index is -3.01. The van der Waals surface area contributed by atoms with E-state index in [4.69, 9.17) is 4.42 Å². The van der Waals surface area contributed by atoms with E-state index in [0.29, 0.717) is 18.7 Å². The Morgan fingerprint density at radius 3 is 2.91 bits per heavy atom. The fourth-order valence-electron chi connectivity index (χ4n) is 2.54. The number of anilines is 1. The summed E-state index contributed by atoms with van der Waals surface area (Å²) in [4.78, 5) is 12.2. The molecule has 3 rings (SSSR count). The largest absolute Gasteiger partial charge is 0.456 e. The minimum absolute atomic E-state index is 0.0539. The van der Waals surface area contributed by atoms with E-state index in [1.807, 2.05) is 6.92 Å². The van der Waals surface area contributed by atoms with E-state index >= 15 is 0 Å². The standard InChI is InChI=1S/C14H17N3O4S/c1-2-11-3-4-12(21-11)14(18)16-13-5-7-15-17(13)10-6-8-22(19,20)9-10/h3-5,7,10H,2,6,8-9H2,1H3,(H,16,18)/t10-/m0/s1. The predicted octanol–water partition coefficient (Wildman–Crippen LogP) is 1.65. The molecule has 118 valence electrons. The lowest BCUT2D eigenvalue weighted by Crippen LogP contribution is -2.19. The number of sulfone groups is 1. The third kappa shape index (κ3) is 2.92. The molecule has 1 fully saturated rings. The lowest BCUT2D eigenvalue weighted by Gasteiger charge is -2.13. The molecule has 8 heteroatoms. The van der Waals surface area contributed by atoms with Crippen LogP contribution in [0.4, 0.5) is 5.82 Å². The van der Waals surface area contributed by atoms with Crippen molar-refractivity contribution in [2.45, 2.75) is 25.8 Å². The van der Waals surface area contributed by atoms with E-state index in [0.717, 1.165) is 5.76 Å². The number of furan rings is 1. The molecule has 0 unspecified atom stereocenters. The van der Waals surface area contributed by atoms with E-state index in [-0.39, 0.29) is 29.2 Å². The van der Waals surface area contributed by atoms with Gasteiger partial charge in [0, 0.05) is 12.5 Å². The van der Waals surface area contributed by atoms with Gasteiger partial charge in [-0.25, -0.2) is 13.1 Å².